The van der Waals surface area contributed by atoms with Gasteiger partial charge in [-0.05, 0) is 25.9 Å². The molecule has 5 nitrogen and oxygen atoms in total. The lowest BCUT2D eigenvalue weighted by atomic mass is 10.4. The average Bonchev–Trinajstić information content (AvgIpc) is 2.70. The molecule has 0 aromatic heterocycles. The number of rotatable bonds is 5. The number of carbonyl (C=O) groups is 2. The van der Waals surface area contributed by atoms with Crippen molar-refractivity contribution < 1.29 is 9.59 Å². The number of carbonyl (C=O) groups excluding carboxylic acids is 2. The van der Waals surface area contributed by atoms with Gasteiger partial charge in [0.25, 0.3) is 0 Å². The summed E-state index contributed by atoms with van der Waals surface area (Å²) in [6.45, 7) is 3.63. The number of urea groups is 1. The molecule has 0 bridgehead atoms. The van der Waals surface area contributed by atoms with E-state index < -0.39 is 6.03 Å². The Kier molecular flexibility index (Phi) is 6.18. The predicted octanol–water partition coefficient (Wildman–Crippen LogP) is 0.537. The summed E-state index contributed by atoms with van der Waals surface area (Å²) in [5.41, 5.74) is 0. The van der Waals surface area contributed by atoms with Crippen LogP contribution >= 0.6 is 11.6 Å². The Bertz CT molecular complexity index is 242. The summed E-state index contributed by atoms with van der Waals surface area (Å²) in [6.07, 6.45) is 2.64. The highest BCUT2D eigenvalue weighted by atomic mass is 35.5. The highest BCUT2D eigenvalue weighted by molar-refractivity contribution is 6.19. The summed E-state index contributed by atoms with van der Waals surface area (Å²) >= 11 is 5.37. The first-order chi connectivity index (χ1) is 7.72. The lowest BCUT2D eigenvalue weighted by molar-refractivity contribution is -0.119. The van der Waals surface area contributed by atoms with Crippen LogP contribution in [-0.4, -0.2) is 48.9 Å². The summed E-state index contributed by atoms with van der Waals surface area (Å²) in [4.78, 5) is 24.5. The summed E-state index contributed by atoms with van der Waals surface area (Å²) in [5.74, 6) is -0.110. The predicted molar refractivity (Wildman–Crippen MR) is 62.6 cm³/mol. The third-order valence-corrected chi connectivity index (χ3v) is 2.68. The Hall–Kier alpha value is -0.810. The zero-order valence-electron chi connectivity index (χ0n) is 9.30. The van der Waals surface area contributed by atoms with Crippen molar-refractivity contribution >= 4 is 23.5 Å². The van der Waals surface area contributed by atoms with Gasteiger partial charge >= 0.3 is 6.03 Å². The van der Waals surface area contributed by atoms with Crippen LogP contribution in [0, 0.1) is 0 Å². The van der Waals surface area contributed by atoms with Crippen molar-refractivity contribution in [1.82, 2.24) is 15.5 Å². The lowest BCUT2D eigenvalue weighted by Gasteiger charge is -2.14. The number of likely N-dealkylation sites (tertiary alicyclic amines) is 1. The molecule has 0 unspecified atom stereocenters. The maximum atomic E-state index is 11.2. The van der Waals surface area contributed by atoms with Crippen LogP contribution in [0.15, 0.2) is 0 Å². The van der Waals surface area contributed by atoms with E-state index in [0.29, 0.717) is 6.54 Å². The van der Waals surface area contributed by atoms with Crippen LogP contribution in [0.4, 0.5) is 4.79 Å². The Morgan fingerprint density at radius 3 is 2.56 bits per heavy atom. The van der Waals surface area contributed by atoms with Crippen LogP contribution in [0.1, 0.15) is 19.3 Å². The van der Waals surface area contributed by atoms with Gasteiger partial charge in [0, 0.05) is 25.4 Å². The van der Waals surface area contributed by atoms with E-state index in [1.54, 1.807) is 0 Å². The smallest absolute Gasteiger partial charge is 0.321 e. The van der Waals surface area contributed by atoms with Gasteiger partial charge in [0.05, 0.1) is 0 Å². The molecular formula is C10H18ClN3O2. The van der Waals surface area contributed by atoms with Crippen molar-refractivity contribution in [3.8, 4) is 0 Å². The van der Waals surface area contributed by atoms with E-state index in [9.17, 15) is 9.59 Å². The van der Waals surface area contributed by atoms with Crippen LogP contribution in [0.3, 0.4) is 0 Å². The Morgan fingerprint density at radius 2 is 1.94 bits per heavy atom. The molecule has 0 spiro atoms. The third kappa shape index (κ3) is 5.32. The quantitative estimate of drug-likeness (QED) is 0.697. The maximum Gasteiger partial charge on any atom is 0.321 e. The minimum absolute atomic E-state index is 0.168. The van der Waals surface area contributed by atoms with Crippen LogP contribution in [0.5, 0.6) is 0 Å². The zero-order valence-corrected chi connectivity index (χ0v) is 10.1. The molecule has 0 aromatic rings. The SMILES string of the molecule is O=C(CCCl)NC(=O)NCCN1CCCC1. The molecule has 1 saturated heterocycles. The van der Waals surface area contributed by atoms with Crippen LogP contribution in [0.25, 0.3) is 0 Å². The minimum Gasteiger partial charge on any atom is -0.337 e. The summed E-state index contributed by atoms with van der Waals surface area (Å²) in [7, 11) is 0. The van der Waals surface area contributed by atoms with E-state index in [0.717, 1.165) is 19.6 Å². The first-order valence-electron chi connectivity index (χ1n) is 5.58. The molecule has 16 heavy (non-hydrogen) atoms. The highest BCUT2D eigenvalue weighted by Gasteiger charge is 2.11. The molecular weight excluding hydrogens is 230 g/mol. The number of hydrogen-bond acceptors (Lipinski definition) is 3. The fourth-order valence-corrected chi connectivity index (χ4v) is 1.82. The molecule has 0 aromatic carbocycles. The summed E-state index contributed by atoms with van der Waals surface area (Å²) in [6, 6.07) is -0.436. The van der Waals surface area contributed by atoms with Gasteiger partial charge in [-0.2, -0.15) is 0 Å². The third-order valence-electron chi connectivity index (χ3n) is 2.49. The van der Waals surface area contributed by atoms with Gasteiger partial charge in [-0.15, -0.1) is 11.6 Å². The van der Waals surface area contributed by atoms with Gasteiger partial charge in [-0.25, -0.2) is 4.79 Å². The number of imide groups is 1. The fourth-order valence-electron chi connectivity index (χ4n) is 1.65. The van der Waals surface area contributed by atoms with Crippen LogP contribution in [0.2, 0.25) is 0 Å². The van der Waals surface area contributed by atoms with Gasteiger partial charge in [0.1, 0.15) is 0 Å². The first kappa shape index (κ1) is 13.3. The van der Waals surface area contributed by atoms with E-state index >= 15 is 0 Å². The lowest BCUT2D eigenvalue weighted by Crippen LogP contribution is -2.42. The van der Waals surface area contributed by atoms with Gasteiger partial charge in [-0.1, -0.05) is 0 Å². The fraction of sp³-hybridized carbons (Fsp3) is 0.800. The molecule has 6 heteroatoms. The van der Waals surface area contributed by atoms with Crippen molar-refractivity contribution in [3.05, 3.63) is 0 Å². The Morgan fingerprint density at radius 1 is 1.25 bits per heavy atom. The standard InChI is InChI=1S/C10H18ClN3O2/c11-4-3-9(15)13-10(16)12-5-8-14-6-1-2-7-14/h1-8H2,(H2,12,13,15,16). The molecule has 3 amide bonds. The van der Waals surface area contributed by atoms with E-state index in [2.05, 4.69) is 15.5 Å². The Balaban J connectivity index is 2.03. The normalized spacial score (nSPS) is 16.1. The molecule has 2 N–H and O–H groups in total. The highest BCUT2D eigenvalue weighted by Crippen LogP contribution is 2.05. The zero-order chi connectivity index (χ0) is 11.8. The van der Waals surface area contributed by atoms with E-state index in [1.807, 2.05) is 0 Å². The number of nitrogens with zero attached hydrogens (tertiary/aromatic N) is 1. The molecule has 1 aliphatic heterocycles. The number of amides is 3. The Labute approximate surface area is 101 Å². The van der Waals surface area contributed by atoms with Crippen molar-refractivity contribution in [1.29, 1.82) is 0 Å². The van der Waals surface area contributed by atoms with Crippen molar-refractivity contribution in [2.75, 3.05) is 32.1 Å². The first-order valence-corrected chi connectivity index (χ1v) is 6.12. The maximum absolute atomic E-state index is 11.2. The van der Waals surface area contributed by atoms with Crippen molar-refractivity contribution in [3.63, 3.8) is 0 Å². The molecule has 0 saturated carbocycles. The molecule has 1 aliphatic rings. The second kappa shape index (κ2) is 7.46. The number of nitrogens with one attached hydrogen (secondary N) is 2. The molecule has 0 aliphatic carbocycles. The topological polar surface area (TPSA) is 61.4 Å². The molecule has 0 atom stereocenters. The van der Waals surface area contributed by atoms with Gasteiger partial charge in [0.15, 0.2) is 0 Å². The van der Waals surface area contributed by atoms with Crippen LogP contribution < -0.4 is 10.6 Å². The van der Waals surface area contributed by atoms with Crippen LogP contribution in [-0.2, 0) is 4.79 Å². The number of halogens is 1. The minimum atomic E-state index is -0.436. The second-order valence-corrected chi connectivity index (χ2v) is 4.17. The van der Waals surface area contributed by atoms with E-state index in [1.165, 1.54) is 12.8 Å². The molecule has 1 fully saturated rings. The number of alkyl halides is 1. The summed E-state index contributed by atoms with van der Waals surface area (Å²) < 4.78 is 0. The van der Waals surface area contributed by atoms with E-state index in [4.69, 9.17) is 11.6 Å². The van der Waals surface area contributed by atoms with E-state index in [-0.39, 0.29) is 18.2 Å². The largest absolute Gasteiger partial charge is 0.337 e. The van der Waals surface area contributed by atoms with Gasteiger partial charge < -0.3 is 10.2 Å². The molecule has 1 rings (SSSR count). The van der Waals surface area contributed by atoms with Gasteiger partial charge in [0.2, 0.25) is 5.91 Å². The molecule has 0 radical (unpaired) electrons. The van der Waals surface area contributed by atoms with Crippen molar-refractivity contribution in [2.45, 2.75) is 19.3 Å². The number of hydrogen-bond donors (Lipinski definition) is 2. The molecule has 1 heterocycles. The molecule has 92 valence electrons. The van der Waals surface area contributed by atoms with Gasteiger partial charge in [-0.3, -0.25) is 10.1 Å². The average molecular weight is 248 g/mol. The summed E-state index contributed by atoms with van der Waals surface area (Å²) in [5, 5.41) is 4.86. The monoisotopic (exact) mass is 247 g/mol. The second-order valence-electron chi connectivity index (χ2n) is 3.79. The van der Waals surface area contributed by atoms with Crippen molar-refractivity contribution in [2.24, 2.45) is 0 Å².